The number of benzene rings is 2. The highest BCUT2D eigenvalue weighted by Crippen LogP contribution is 2.35. The highest BCUT2D eigenvalue weighted by molar-refractivity contribution is 5.94. The van der Waals surface area contributed by atoms with Crippen LogP contribution in [0.15, 0.2) is 48.5 Å². The van der Waals surface area contributed by atoms with Crippen molar-refractivity contribution in [3.63, 3.8) is 0 Å². The fourth-order valence-corrected chi connectivity index (χ4v) is 5.13. The third-order valence-electron chi connectivity index (χ3n) is 7.37. The zero-order valence-electron chi connectivity index (χ0n) is 22.3. The molecule has 1 N–H and O–H groups in total. The molecular formula is C28H35ClF3N3O4. The lowest BCUT2D eigenvalue weighted by Crippen LogP contribution is -2.61. The molecule has 2 saturated heterocycles. The number of carbonyl (C=O) groups is 2. The molecule has 11 heteroatoms. The second-order valence-corrected chi connectivity index (χ2v) is 10.2. The molecule has 0 saturated carbocycles. The van der Waals surface area contributed by atoms with Gasteiger partial charge in [-0.25, -0.2) is 0 Å². The highest BCUT2D eigenvalue weighted by Gasteiger charge is 2.48. The Morgan fingerprint density at radius 3 is 2.41 bits per heavy atom. The Kier molecular flexibility index (Phi) is 9.90. The van der Waals surface area contributed by atoms with Crippen molar-refractivity contribution >= 4 is 24.2 Å². The number of carbonyl (C=O) groups excluding carboxylic acids is 2. The molecular weight excluding hydrogens is 535 g/mol. The molecule has 2 amide bonds. The second kappa shape index (κ2) is 12.6. The Morgan fingerprint density at radius 2 is 1.79 bits per heavy atom. The van der Waals surface area contributed by atoms with Crippen LogP contribution < -0.4 is 10.1 Å². The molecule has 2 aliphatic heterocycles. The number of rotatable bonds is 7. The van der Waals surface area contributed by atoms with Gasteiger partial charge in [0, 0.05) is 46.0 Å². The summed E-state index contributed by atoms with van der Waals surface area (Å²) >= 11 is 0. The fraction of sp³-hybridized carbons (Fsp3) is 0.500. The van der Waals surface area contributed by atoms with Crippen molar-refractivity contribution in [3.8, 4) is 5.75 Å². The van der Waals surface area contributed by atoms with E-state index in [-0.39, 0.29) is 42.1 Å². The van der Waals surface area contributed by atoms with Gasteiger partial charge in [-0.2, -0.15) is 13.2 Å². The zero-order chi connectivity index (χ0) is 27.5. The van der Waals surface area contributed by atoms with E-state index in [0.717, 1.165) is 17.7 Å². The van der Waals surface area contributed by atoms with Gasteiger partial charge in [0.1, 0.15) is 17.4 Å². The van der Waals surface area contributed by atoms with Crippen LogP contribution in [0.5, 0.6) is 5.75 Å². The Bertz CT molecular complexity index is 1140. The van der Waals surface area contributed by atoms with Crippen LogP contribution in [0.1, 0.15) is 53.7 Å². The van der Waals surface area contributed by atoms with E-state index >= 15 is 0 Å². The summed E-state index contributed by atoms with van der Waals surface area (Å²) in [5, 5.41) is 3.15. The minimum absolute atomic E-state index is 0. The van der Waals surface area contributed by atoms with Gasteiger partial charge in [-0.1, -0.05) is 18.2 Å². The van der Waals surface area contributed by atoms with E-state index in [4.69, 9.17) is 9.47 Å². The molecule has 2 aromatic rings. The molecule has 2 aliphatic rings. The molecule has 4 rings (SSSR count). The molecule has 214 valence electrons. The SMILES string of the molecule is C[C@H](NC(=O)C1(N2CC[C@@H](Oc3cccc(C(F)(F)F)c3)C2)CCOCC1)c1ccc(C(=O)N(C)C)cc1.Cl. The van der Waals surface area contributed by atoms with Crippen molar-refractivity contribution in [1.29, 1.82) is 0 Å². The van der Waals surface area contributed by atoms with E-state index < -0.39 is 17.3 Å². The van der Waals surface area contributed by atoms with Gasteiger partial charge in [0.25, 0.3) is 5.91 Å². The molecule has 0 unspecified atom stereocenters. The summed E-state index contributed by atoms with van der Waals surface area (Å²) in [5.41, 5.74) is -0.0949. The van der Waals surface area contributed by atoms with Crippen molar-refractivity contribution in [1.82, 2.24) is 15.1 Å². The van der Waals surface area contributed by atoms with Crippen LogP contribution in [0.3, 0.4) is 0 Å². The summed E-state index contributed by atoms with van der Waals surface area (Å²) in [7, 11) is 3.39. The first-order chi connectivity index (χ1) is 18.0. The second-order valence-electron chi connectivity index (χ2n) is 10.2. The summed E-state index contributed by atoms with van der Waals surface area (Å²) in [6, 6.07) is 11.8. The Hall–Kier alpha value is -2.82. The van der Waals surface area contributed by atoms with E-state index in [0.29, 0.717) is 51.1 Å². The molecule has 2 fully saturated rings. The lowest BCUT2D eigenvalue weighted by atomic mass is 9.86. The number of nitrogens with one attached hydrogen (secondary N) is 1. The van der Waals surface area contributed by atoms with Crippen molar-refractivity contribution in [3.05, 3.63) is 65.2 Å². The summed E-state index contributed by atoms with van der Waals surface area (Å²) in [6.07, 6.45) is -3.14. The van der Waals surface area contributed by atoms with E-state index in [1.54, 1.807) is 26.2 Å². The summed E-state index contributed by atoms with van der Waals surface area (Å²) in [5.74, 6) is -0.0335. The number of nitrogens with zero attached hydrogens (tertiary/aromatic N) is 2. The Labute approximate surface area is 233 Å². The lowest BCUT2D eigenvalue weighted by molar-refractivity contribution is -0.141. The molecule has 2 atom stereocenters. The third-order valence-corrected chi connectivity index (χ3v) is 7.37. The van der Waals surface area contributed by atoms with E-state index in [1.165, 1.54) is 17.0 Å². The van der Waals surface area contributed by atoms with Crippen molar-refractivity contribution in [2.75, 3.05) is 40.4 Å². The standard InChI is InChI=1S/C28H34F3N3O4.ClH/c1-19(20-7-9-21(10-8-20)25(35)33(2)3)32-26(36)27(12-15-37-16-13-27)34-14-11-24(18-34)38-23-6-4-5-22(17-23)28(29,30)31;/h4-10,17,19,24H,11-16,18H2,1-3H3,(H,32,36);1H/t19-,24+;/m0./s1. The number of amides is 2. The molecule has 0 spiro atoms. The number of hydrogen-bond donors (Lipinski definition) is 1. The van der Waals surface area contributed by atoms with Crippen molar-refractivity contribution in [2.45, 2.75) is 50.0 Å². The van der Waals surface area contributed by atoms with Crippen LogP contribution in [0.25, 0.3) is 0 Å². The smallest absolute Gasteiger partial charge is 0.416 e. The van der Waals surface area contributed by atoms with Crippen LogP contribution >= 0.6 is 12.4 Å². The molecule has 2 heterocycles. The quantitative estimate of drug-likeness (QED) is 0.523. The predicted octanol–water partition coefficient (Wildman–Crippen LogP) is 4.71. The van der Waals surface area contributed by atoms with Crippen LogP contribution in [0.4, 0.5) is 13.2 Å². The minimum Gasteiger partial charge on any atom is -0.489 e. The van der Waals surface area contributed by atoms with Gasteiger partial charge in [-0.3, -0.25) is 14.5 Å². The first-order valence-electron chi connectivity index (χ1n) is 12.8. The first-order valence-corrected chi connectivity index (χ1v) is 12.8. The number of alkyl halides is 3. The molecule has 0 aliphatic carbocycles. The van der Waals surface area contributed by atoms with E-state index in [2.05, 4.69) is 10.2 Å². The largest absolute Gasteiger partial charge is 0.489 e. The maximum atomic E-state index is 13.7. The minimum atomic E-state index is -4.44. The summed E-state index contributed by atoms with van der Waals surface area (Å²) in [4.78, 5) is 29.5. The third kappa shape index (κ3) is 7.04. The average molecular weight is 570 g/mol. The van der Waals surface area contributed by atoms with Gasteiger partial charge in [-0.15, -0.1) is 12.4 Å². The molecule has 0 aromatic heterocycles. The lowest BCUT2D eigenvalue weighted by Gasteiger charge is -2.43. The normalized spacial score (nSPS) is 20.0. The maximum Gasteiger partial charge on any atom is 0.416 e. The van der Waals surface area contributed by atoms with Gasteiger partial charge < -0.3 is 19.7 Å². The van der Waals surface area contributed by atoms with Crippen LogP contribution in [0, 0.1) is 0 Å². The molecule has 0 bridgehead atoms. The topological polar surface area (TPSA) is 71.1 Å². The Balaban J connectivity index is 0.00000420. The Morgan fingerprint density at radius 1 is 1.13 bits per heavy atom. The molecule has 2 aromatic carbocycles. The van der Waals surface area contributed by atoms with Crippen LogP contribution in [-0.2, 0) is 15.7 Å². The van der Waals surface area contributed by atoms with E-state index in [9.17, 15) is 22.8 Å². The number of halogens is 4. The van der Waals surface area contributed by atoms with Crippen LogP contribution in [0.2, 0.25) is 0 Å². The van der Waals surface area contributed by atoms with Gasteiger partial charge >= 0.3 is 6.18 Å². The van der Waals surface area contributed by atoms with Crippen molar-refractivity contribution in [2.24, 2.45) is 0 Å². The summed E-state index contributed by atoms with van der Waals surface area (Å²) in [6.45, 7) is 3.81. The predicted molar refractivity (Wildman–Crippen MR) is 143 cm³/mol. The molecule has 7 nitrogen and oxygen atoms in total. The van der Waals surface area contributed by atoms with E-state index in [1.807, 2.05) is 19.1 Å². The number of ether oxygens (including phenoxy) is 2. The van der Waals surface area contributed by atoms with Gasteiger partial charge in [-0.05, 0) is 62.1 Å². The van der Waals surface area contributed by atoms with Gasteiger partial charge in [0.2, 0.25) is 5.91 Å². The zero-order valence-corrected chi connectivity index (χ0v) is 23.1. The number of likely N-dealkylation sites (tertiary alicyclic amines) is 1. The average Bonchev–Trinajstić information content (AvgIpc) is 3.37. The van der Waals surface area contributed by atoms with Gasteiger partial charge in [0.15, 0.2) is 0 Å². The van der Waals surface area contributed by atoms with Crippen LogP contribution in [-0.4, -0.2) is 73.7 Å². The molecule has 0 radical (unpaired) electrons. The summed E-state index contributed by atoms with van der Waals surface area (Å²) < 4.78 is 50.8. The maximum absolute atomic E-state index is 13.7. The molecule has 39 heavy (non-hydrogen) atoms. The first kappa shape index (κ1) is 30.7. The highest BCUT2D eigenvalue weighted by atomic mass is 35.5. The van der Waals surface area contributed by atoms with Crippen molar-refractivity contribution < 1.29 is 32.2 Å². The number of hydrogen-bond acceptors (Lipinski definition) is 5. The van der Waals surface area contributed by atoms with Gasteiger partial charge in [0.05, 0.1) is 11.6 Å². The monoisotopic (exact) mass is 569 g/mol. The fourth-order valence-electron chi connectivity index (χ4n) is 5.13.